The molecule has 2 rings (SSSR count). The van der Waals surface area contributed by atoms with Gasteiger partial charge < -0.3 is 10.2 Å². The molecule has 0 heterocycles. The van der Waals surface area contributed by atoms with Gasteiger partial charge >= 0.3 is 0 Å². The first-order valence-electron chi connectivity index (χ1n) is 10.4. The van der Waals surface area contributed by atoms with E-state index < -0.39 is 6.04 Å². The molecule has 0 aliphatic heterocycles. The lowest BCUT2D eigenvalue weighted by atomic mass is 10.0. The number of nitrogens with zero attached hydrogens (tertiary/aromatic N) is 1. The molecule has 0 spiro atoms. The molecule has 2 atom stereocenters. The Balaban J connectivity index is 2.26. The highest BCUT2D eigenvalue weighted by molar-refractivity contribution is 5.88. The number of carbonyl (C=O) groups is 2. The van der Waals surface area contributed by atoms with Gasteiger partial charge in [0.2, 0.25) is 11.8 Å². The lowest BCUT2D eigenvalue weighted by Crippen LogP contribution is -2.49. The van der Waals surface area contributed by atoms with Crippen molar-refractivity contribution < 1.29 is 9.59 Å². The lowest BCUT2D eigenvalue weighted by Gasteiger charge is -2.30. The first-order chi connectivity index (χ1) is 13.7. The molecule has 0 bridgehead atoms. The van der Waals surface area contributed by atoms with Crippen LogP contribution in [0.3, 0.4) is 0 Å². The van der Waals surface area contributed by atoms with Gasteiger partial charge in [-0.3, -0.25) is 9.59 Å². The molecule has 0 radical (unpaired) electrons. The van der Waals surface area contributed by atoms with Gasteiger partial charge in [0.1, 0.15) is 6.04 Å². The van der Waals surface area contributed by atoms with Crippen molar-refractivity contribution in [1.29, 1.82) is 0 Å². The molecule has 0 saturated carbocycles. The number of hydrogen-bond acceptors (Lipinski definition) is 2. The van der Waals surface area contributed by atoms with E-state index in [1.54, 1.807) is 4.90 Å². The van der Waals surface area contributed by atoms with E-state index in [-0.39, 0.29) is 24.3 Å². The predicted octanol–water partition coefficient (Wildman–Crippen LogP) is 4.49. The number of carbonyl (C=O) groups excluding carboxylic acids is 2. The van der Waals surface area contributed by atoms with Crippen molar-refractivity contribution in [1.82, 2.24) is 10.2 Å². The molecule has 29 heavy (non-hydrogen) atoms. The number of aryl methyl sites for hydroxylation is 3. The van der Waals surface area contributed by atoms with Crippen molar-refractivity contribution in [2.75, 3.05) is 0 Å². The summed E-state index contributed by atoms with van der Waals surface area (Å²) in [7, 11) is 0. The van der Waals surface area contributed by atoms with Gasteiger partial charge in [0.25, 0.3) is 0 Å². The van der Waals surface area contributed by atoms with Crippen molar-refractivity contribution >= 4 is 11.8 Å². The third-order valence-electron chi connectivity index (χ3n) is 5.24. The van der Waals surface area contributed by atoms with E-state index in [2.05, 4.69) is 17.4 Å². The maximum atomic E-state index is 13.3. The summed E-state index contributed by atoms with van der Waals surface area (Å²) < 4.78 is 0. The van der Waals surface area contributed by atoms with Crippen LogP contribution in [-0.2, 0) is 22.6 Å². The largest absolute Gasteiger partial charge is 0.352 e. The zero-order valence-electron chi connectivity index (χ0n) is 18.6. The molecule has 1 N–H and O–H groups in total. The van der Waals surface area contributed by atoms with Crippen molar-refractivity contribution in [3.8, 4) is 0 Å². The van der Waals surface area contributed by atoms with Crippen LogP contribution in [0.1, 0.15) is 55.0 Å². The highest BCUT2D eigenvalue weighted by Crippen LogP contribution is 2.16. The van der Waals surface area contributed by atoms with Crippen LogP contribution in [-0.4, -0.2) is 28.8 Å². The summed E-state index contributed by atoms with van der Waals surface area (Å²) >= 11 is 0. The van der Waals surface area contributed by atoms with Crippen molar-refractivity contribution in [3.63, 3.8) is 0 Å². The highest BCUT2D eigenvalue weighted by atomic mass is 16.2. The van der Waals surface area contributed by atoms with Crippen LogP contribution >= 0.6 is 0 Å². The molecule has 0 unspecified atom stereocenters. The number of hydrogen-bond donors (Lipinski definition) is 1. The fraction of sp³-hybridized carbons (Fsp3) is 0.440. The molecule has 156 valence electrons. The third-order valence-corrected chi connectivity index (χ3v) is 5.24. The monoisotopic (exact) mass is 394 g/mol. The average Bonchev–Trinajstić information content (AvgIpc) is 2.64. The summed E-state index contributed by atoms with van der Waals surface area (Å²) in [5, 5.41) is 3.01. The quantitative estimate of drug-likeness (QED) is 0.717. The van der Waals surface area contributed by atoms with Crippen LogP contribution < -0.4 is 5.32 Å². The molecule has 4 heteroatoms. The summed E-state index contributed by atoms with van der Waals surface area (Å²) in [5.74, 6) is -0.149. The first kappa shape index (κ1) is 22.7. The van der Waals surface area contributed by atoms with Crippen molar-refractivity contribution in [2.45, 2.75) is 73.0 Å². The second kappa shape index (κ2) is 10.2. The van der Waals surface area contributed by atoms with Gasteiger partial charge in [-0.15, -0.1) is 0 Å². The standard InChI is InChI=1S/C25H34N2O2/c1-7-20(5)26-25(29)21(6)27(16-22-10-8-9-17(2)12-22)24(28)15-23-13-18(3)11-19(4)14-23/h8-14,20-21H,7,15-16H2,1-6H3,(H,26,29)/t20-,21-/m0/s1. The Kier molecular flexibility index (Phi) is 8.00. The van der Waals surface area contributed by atoms with Gasteiger partial charge in [0.05, 0.1) is 6.42 Å². The molecular weight excluding hydrogens is 360 g/mol. The summed E-state index contributed by atoms with van der Waals surface area (Å²) in [4.78, 5) is 27.7. The van der Waals surface area contributed by atoms with Gasteiger partial charge in [-0.1, -0.05) is 66.1 Å². The normalized spacial score (nSPS) is 12.9. The van der Waals surface area contributed by atoms with Gasteiger partial charge in [0.15, 0.2) is 0 Å². The second-order valence-corrected chi connectivity index (χ2v) is 8.18. The fourth-order valence-corrected chi connectivity index (χ4v) is 3.50. The smallest absolute Gasteiger partial charge is 0.242 e. The van der Waals surface area contributed by atoms with Crippen LogP contribution in [0.2, 0.25) is 0 Å². The molecule has 0 aliphatic rings. The summed E-state index contributed by atoms with van der Waals surface area (Å²) in [6.45, 7) is 12.3. The van der Waals surface area contributed by atoms with E-state index in [9.17, 15) is 9.59 Å². The first-order valence-corrected chi connectivity index (χ1v) is 10.4. The van der Waals surface area contributed by atoms with E-state index in [0.717, 1.165) is 34.2 Å². The predicted molar refractivity (Wildman–Crippen MR) is 119 cm³/mol. The topological polar surface area (TPSA) is 49.4 Å². The van der Waals surface area contributed by atoms with Crippen LogP contribution in [0.4, 0.5) is 0 Å². The number of rotatable bonds is 8. The Morgan fingerprint density at radius 2 is 1.55 bits per heavy atom. The maximum Gasteiger partial charge on any atom is 0.242 e. The van der Waals surface area contributed by atoms with Gasteiger partial charge in [-0.25, -0.2) is 0 Å². The van der Waals surface area contributed by atoms with Crippen LogP contribution in [0.5, 0.6) is 0 Å². The van der Waals surface area contributed by atoms with E-state index in [0.29, 0.717) is 6.54 Å². The van der Waals surface area contributed by atoms with Crippen LogP contribution in [0.15, 0.2) is 42.5 Å². The molecule has 2 aromatic carbocycles. The van der Waals surface area contributed by atoms with E-state index >= 15 is 0 Å². The molecule has 4 nitrogen and oxygen atoms in total. The molecular formula is C25H34N2O2. The van der Waals surface area contributed by atoms with Crippen LogP contribution in [0, 0.1) is 20.8 Å². The zero-order valence-corrected chi connectivity index (χ0v) is 18.6. The summed E-state index contributed by atoms with van der Waals surface area (Å²) in [5.41, 5.74) is 5.43. The minimum absolute atomic E-state index is 0.0386. The van der Waals surface area contributed by atoms with Gasteiger partial charge in [-0.05, 0) is 52.2 Å². The second-order valence-electron chi connectivity index (χ2n) is 8.18. The van der Waals surface area contributed by atoms with Crippen LogP contribution in [0.25, 0.3) is 0 Å². The molecule has 0 fully saturated rings. The molecule has 2 aromatic rings. The Morgan fingerprint density at radius 1 is 0.931 bits per heavy atom. The van der Waals surface area contributed by atoms with E-state index in [1.807, 2.05) is 71.9 Å². The lowest BCUT2D eigenvalue weighted by molar-refractivity contribution is -0.140. The zero-order chi connectivity index (χ0) is 21.6. The van der Waals surface area contributed by atoms with E-state index in [1.165, 1.54) is 0 Å². The van der Waals surface area contributed by atoms with Gasteiger partial charge in [-0.2, -0.15) is 0 Å². The Hall–Kier alpha value is -2.62. The third kappa shape index (κ3) is 6.74. The minimum Gasteiger partial charge on any atom is -0.352 e. The van der Waals surface area contributed by atoms with E-state index in [4.69, 9.17) is 0 Å². The fourth-order valence-electron chi connectivity index (χ4n) is 3.50. The summed E-state index contributed by atoms with van der Waals surface area (Å²) in [6, 6.07) is 13.8. The maximum absolute atomic E-state index is 13.3. The summed E-state index contributed by atoms with van der Waals surface area (Å²) in [6.07, 6.45) is 1.14. The highest BCUT2D eigenvalue weighted by Gasteiger charge is 2.27. The minimum atomic E-state index is -0.539. The molecule has 0 aromatic heterocycles. The van der Waals surface area contributed by atoms with Crippen molar-refractivity contribution in [3.05, 3.63) is 70.3 Å². The molecule has 2 amide bonds. The molecule has 0 saturated heterocycles. The van der Waals surface area contributed by atoms with Crippen molar-refractivity contribution in [2.24, 2.45) is 0 Å². The average molecular weight is 395 g/mol. The number of benzene rings is 2. The SMILES string of the molecule is CC[C@H](C)NC(=O)[C@H](C)N(Cc1cccc(C)c1)C(=O)Cc1cc(C)cc(C)c1. The Bertz CT molecular complexity index is 839. The van der Waals surface area contributed by atoms with Gasteiger partial charge in [0, 0.05) is 12.6 Å². The Morgan fingerprint density at radius 3 is 2.14 bits per heavy atom. The number of nitrogens with one attached hydrogen (secondary N) is 1. The molecule has 0 aliphatic carbocycles. The Labute approximate surface area is 175 Å². The number of amides is 2.